The van der Waals surface area contributed by atoms with Crippen LogP contribution in [-0.2, 0) is 19.1 Å². The molecule has 0 saturated heterocycles. The number of carbonyl (C=O) groups excluding carboxylic acids is 4. The molecule has 1 aromatic rings. The van der Waals surface area contributed by atoms with E-state index in [-0.39, 0.29) is 26.3 Å². The zero-order valence-electron chi connectivity index (χ0n) is 15.2. The van der Waals surface area contributed by atoms with Crippen LogP contribution in [0.5, 0.6) is 0 Å². The summed E-state index contributed by atoms with van der Waals surface area (Å²) in [4.78, 5) is 45.1. The van der Waals surface area contributed by atoms with Gasteiger partial charge < -0.3 is 30.7 Å². The number of carbonyl (C=O) groups is 4. The highest BCUT2D eigenvalue weighted by Gasteiger charge is 2.04. The zero-order valence-corrected chi connectivity index (χ0v) is 15.2. The smallest absolute Gasteiger partial charge is 0.330 e. The van der Waals surface area contributed by atoms with Crippen LogP contribution in [0.2, 0.25) is 0 Å². The summed E-state index contributed by atoms with van der Waals surface area (Å²) in [6, 6.07) is 5.44. The van der Waals surface area contributed by atoms with Crippen molar-refractivity contribution in [3.8, 4) is 0 Å². The Morgan fingerprint density at radius 3 is 1.43 bits per heavy atom. The Balaban J connectivity index is 2.28. The Bertz CT molecular complexity index is 656. The molecule has 0 aromatic heterocycles. The van der Waals surface area contributed by atoms with Gasteiger partial charge in [0.15, 0.2) is 0 Å². The topological polar surface area (TPSA) is 135 Å². The second kappa shape index (κ2) is 12.5. The summed E-state index contributed by atoms with van der Waals surface area (Å²) in [5.74, 6) is -1.13. The third-order valence-electron chi connectivity index (χ3n) is 3.00. The molecule has 1 rings (SSSR count). The number of amides is 4. The van der Waals surface area contributed by atoms with E-state index < -0.39 is 24.0 Å². The Hall–Kier alpha value is -3.82. The summed E-state index contributed by atoms with van der Waals surface area (Å²) in [6.07, 6.45) is 2.07. The maximum absolute atomic E-state index is 11.7. The van der Waals surface area contributed by atoms with Crippen molar-refractivity contribution in [2.24, 2.45) is 0 Å². The van der Waals surface area contributed by atoms with Crippen LogP contribution in [0, 0.1) is 0 Å². The lowest BCUT2D eigenvalue weighted by Gasteiger charge is -2.10. The van der Waals surface area contributed by atoms with Crippen LogP contribution in [0.25, 0.3) is 0 Å². The summed E-state index contributed by atoms with van der Waals surface area (Å²) >= 11 is 0. The standard InChI is InChI=1S/C18H22N4O6/c1-3-15(23)27-11-9-19-17(25)21-13-5-7-14(8-6-13)22-18(26)20-10-12-28-16(24)4-2/h3-8H,1-2,9-12H2,(H2,19,21,25)(H2,20,22,26). The van der Waals surface area contributed by atoms with Crippen LogP contribution in [0.3, 0.4) is 0 Å². The van der Waals surface area contributed by atoms with Crippen LogP contribution < -0.4 is 21.3 Å². The number of anilines is 2. The molecule has 4 amide bonds. The molecule has 4 N–H and O–H groups in total. The summed E-state index contributed by atoms with van der Waals surface area (Å²) in [5.41, 5.74) is 1.01. The van der Waals surface area contributed by atoms with Crippen molar-refractivity contribution in [2.75, 3.05) is 36.9 Å². The minimum absolute atomic E-state index is 0.0308. The Morgan fingerprint density at radius 1 is 0.750 bits per heavy atom. The van der Waals surface area contributed by atoms with Crippen LogP contribution in [0.4, 0.5) is 21.0 Å². The van der Waals surface area contributed by atoms with Gasteiger partial charge in [0.2, 0.25) is 0 Å². The Kier molecular flexibility index (Phi) is 9.94. The van der Waals surface area contributed by atoms with E-state index >= 15 is 0 Å². The third-order valence-corrected chi connectivity index (χ3v) is 3.00. The molecule has 0 aliphatic carbocycles. The molecule has 0 bridgehead atoms. The minimum Gasteiger partial charge on any atom is -0.461 e. The first-order chi connectivity index (χ1) is 13.4. The monoisotopic (exact) mass is 390 g/mol. The molecule has 0 aliphatic rings. The highest BCUT2D eigenvalue weighted by Crippen LogP contribution is 2.13. The van der Waals surface area contributed by atoms with E-state index in [1.165, 1.54) is 0 Å². The van der Waals surface area contributed by atoms with Crippen LogP contribution >= 0.6 is 0 Å². The molecule has 10 heteroatoms. The molecule has 0 atom stereocenters. The number of hydrogen-bond acceptors (Lipinski definition) is 6. The SMILES string of the molecule is C=CC(=O)OCCNC(=O)Nc1ccc(NC(=O)NCCOC(=O)C=C)cc1. The molecule has 0 radical (unpaired) electrons. The van der Waals surface area contributed by atoms with E-state index in [9.17, 15) is 19.2 Å². The van der Waals surface area contributed by atoms with Crippen molar-refractivity contribution in [1.82, 2.24) is 10.6 Å². The number of nitrogens with one attached hydrogen (secondary N) is 4. The van der Waals surface area contributed by atoms with E-state index in [1.807, 2.05) is 0 Å². The first-order valence-corrected chi connectivity index (χ1v) is 8.22. The molecule has 0 unspecified atom stereocenters. The fourth-order valence-electron chi connectivity index (χ4n) is 1.74. The molecule has 0 aliphatic heterocycles. The molecule has 150 valence electrons. The first kappa shape index (κ1) is 22.2. The van der Waals surface area contributed by atoms with Gasteiger partial charge in [-0.05, 0) is 24.3 Å². The fourth-order valence-corrected chi connectivity index (χ4v) is 1.74. The van der Waals surface area contributed by atoms with E-state index in [4.69, 9.17) is 9.47 Å². The van der Waals surface area contributed by atoms with Crippen LogP contribution in [-0.4, -0.2) is 50.3 Å². The normalized spacial score (nSPS) is 9.43. The first-order valence-electron chi connectivity index (χ1n) is 8.22. The zero-order chi connectivity index (χ0) is 20.8. The average molecular weight is 390 g/mol. The lowest BCUT2D eigenvalue weighted by molar-refractivity contribution is -0.138. The molecule has 0 spiro atoms. The molecule has 28 heavy (non-hydrogen) atoms. The van der Waals surface area contributed by atoms with Crippen molar-refractivity contribution >= 4 is 35.4 Å². The molecule has 10 nitrogen and oxygen atoms in total. The van der Waals surface area contributed by atoms with Crippen molar-refractivity contribution < 1.29 is 28.7 Å². The second-order valence-corrected chi connectivity index (χ2v) is 5.08. The third kappa shape index (κ3) is 9.61. The average Bonchev–Trinajstić information content (AvgIpc) is 2.69. The highest BCUT2D eigenvalue weighted by atomic mass is 16.5. The van der Waals surface area contributed by atoms with Gasteiger partial charge in [-0.1, -0.05) is 13.2 Å². The predicted octanol–water partition coefficient (Wildman–Crippen LogP) is 1.39. The number of hydrogen-bond donors (Lipinski definition) is 4. The summed E-state index contributed by atoms with van der Waals surface area (Å²) in [5, 5.41) is 10.2. The highest BCUT2D eigenvalue weighted by molar-refractivity contribution is 5.91. The van der Waals surface area contributed by atoms with Gasteiger partial charge in [0, 0.05) is 23.5 Å². The number of ether oxygens (including phenoxy) is 2. The van der Waals surface area contributed by atoms with Gasteiger partial charge in [-0.15, -0.1) is 0 Å². The van der Waals surface area contributed by atoms with E-state index in [1.54, 1.807) is 24.3 Å². The quantitative estimate of drug-likeness (QED) is 0.271. The van der Waals surface area contributed by atoms with Crippen molar-refractivity contribution in [3.63, 3.8) is 0 Å². The van der Waals surface area contributed by atoms with Gasteiger partial charge in [0.25, 0.3) is 0 Å². The van der Waals surface area contributed by atoms with Gasteiger partial charge in [-0.25, -0.2) is 19.2 Å². The summed E-state index contributed by atoms with van der Waals surface area (Å²) in [6.45, 7) is 6.87. The van der Waals surface area contributed by atoms with E-state index in [2.05, 4.69) is 34.4 Å². The maximum atomic E-state index is 11.7. The molecular weight excluding hydrogens is 368 g/mol. The molecule has 0 fully saturated rings. The lowest BCUT2D eigenvalue weighted by Crippen LogP contribution is -2.32. The Labute approximate surface area is 162 Å². The molecule has 0 saturated carbocycles. The van der Waals surface area contributed by atoms with Gasteiger partial charge in [-0.2, -0.15) is 0 Å². The second-order valence-electron chi connectivity index (χ2n) is 5.08. The number of benzene rings is 1. The lowest BCUT2D eigenvalue weighted by atomic mass is 10.3. The fraction of sp³-hybridized carbons (Fsp3) is 0.222. The minimum atomic E-state index is -0.563. The molecule has 1 aromatic carbocycles. The number of rotatable bonds is 10. The van der Waals surface area contributed by atoms with Crippen molar-refractivity contribution in [1.29, 1.82) is 0 Å². The number of esters is 2. The van der Waals surface area contributed by atoms with Crippen molar-refractivity contribution in [2.45, 2.75) is 0 Å². The van der Waals surface area contributed by atoms with E-state index in [0.29, 0.717) is 11.4 Å². The summed E-state index contributed by atoms with van der Waals surface area (Å²) < 4.78 is 9.44. The van der Waals surface area contributed by atoms with Gasteiger partial charge in [0.1, 0.15) is 13.2 Å². The summed E-state index contributed by atoms with van der Waals surface area (Å²) in [7, 11) is 0. The Morgan fingerprint density at radius 2 is 1.11 bits per heavy atom. The van der Waals surface area contributed by atoms with Gasteiger partial charge >= 0.3 is 24.0 Å². The largest absolute Gasteiger partial charge is 0.461 e. The number of urea groups is 2. The van der Waals surface area contributed by atoms with Crippen LogP contribution in [0.15, 0.2) is 49.6 Å². The van der Waals surface area contributed by atoms with Gasteiger partial charge in [-0.3, -0.25) is 0 Å². The predicted molar refractivity (Wildman–Crippen MR) is 103 cm³/mol. The van der Waals surface area contributed by atoms with Crippen LogP contribution in [0.1, 0.15) is 0 Å². The van der Waals surface area contributed by atoms with E-state index in [0.717, 1.165) is 12.2 Å². The van der Waals surface area contributed by atoms with Crippen molar-refractivity contribution in [3.05, 3.63) is 49.6 Å². The van der Waals surface area contributed by atoms with Gasteiger partial charge in [0.05, 0.1) is 13.1 Å². The molecule has 0 heterocycles. The molecular formula is C18H22N4O6. The maximum Gasteiger partial charge on any atom is 0.330 e.